The molecule has 0 saturated heterocycles. The van der Waals surface area contributed by atoms with E-state index in [1.807, 2.05) is 13.1 Å². The second kappa shape index (κ2) is 9.89. The van der Waals surface area contributed by atoms with Gasteiger partial charge in [-0.05, 0) is 31.2 Å². The van der Waals surface area contributed by atoms with Gasteiger partial charge in [-0.15, -0.1) is 0 Å². The standard InChI is InChI=1S/C15H24FNO2/c1-3-4-7-18-8-9-19-12-14-10-13(11-17-2)5-6-15(14)16/h5-6,10,17H,3-4,7-9,11-12H2,1-2H3. The van der Waals surface area contributed by atoms with Gasteiger partial charge in [0.1, 0.15) is 5.82 Å². The quantitative estimate of drug-likeness (QED) is 0.663. The van der Waals surface area contributed by atoms with Crippen LogP contribution in [0.4, 0.5) is 4.39 Å². The van der Waals surface area contributed by atoms with Gasteiger partial charge >= 0.3 is 0 Å². The van der Waals surface area contributed by atoms with E-state index in [0.717, 1.165) is 31.6 Å². The van der Waals surface area contributed by atoms with Gasteiger partial charge in [0.25, 0.3) is 0 Å². The summed E-state index contributed by atoms with van der Waals surface area (Å²) < 4.78 is 24.4. The van der Waals surface area contributed by atoms with Crippen LogP contribution in [0.15, 0.2) is 18.2 Å². The Morgan fingerprint density at radius 1 is 1.16 bits per heavy atom. The Labute approximate surface area is 115 Å². The fourth-order valence-electron chi connectivity index (χ4n) is 1.70. The molecule has 0 spiro atoms. The van der Waals surface area contributed by atoms with Crippen molar-refractivity contribution < 1.29 is 13.9 Å². The van der Waals surface area contributed by atoms with Gasteiger partial charge in [0.2, 0.25) is 0 Å². The average Bonchev–Trinajstić information content (AvgIpc) is 2.41. The van der Waals surface area contributed by atoms with E-state index in [1.165, 1.54) is 6.07 Å². The predicted molar refractivity (Wildman–Crippen MR) is 74.5 cm³/mol. The van der Waals surface area contributed by atoms with Crippen molar-refractivity contribution in [2.75, 3.05) is 26.9 Å². The summed E-state index contributed by atoms with van der Waals surface area (Å²) in [4.78, 5) is 0. The number of ether oxygens (including phenoxy) is 2. The Bertz CT molecular complexity index is 358. The smallest absolute Gasteiger partial charge is 0.128 e. The van der Waals surface area contributed by atoms with Crippen LogP contribution in [-0.2, 0) is 22.6 Å². The Hall–Kier alpha value is -0.970. The number of unbranched alkanes of at least 4 members (excludes halogenated alkanes) is 1. The number of hydrogen-bond donors (Lipinski definition) is 1. The van der Waals surface area contributed by atoms with E-state index >= 15 is 0 Å². The molecule has 1 aromatic rings. The van der Waals surface area contributed by atoms with Gasteiger partial charge < -0.3 is 14.8 Å². The van der Waals surface area contributed by atoms with Gasteiger partial charge in [0.15, 0.2) is 0 Å². The normalized spacial score (nSPS) is 10.9. The number of benzene rings is 1. The fraction of sp³-hybridized carbons (Fsp3) is 0.600. The first-order chi connectivity index (χ1) is 9.27. The number of rotatable bonds is 10. The molecule has 0 aromatic heterocycles. The maximum Gasteiger partial charge on any atom is 0.128 e. The Balaban J connectivity index is 2.26. The van der Waals surface area contributed by atoms with Crippen LogP contribution in [0.2, 0.25) is 0 Å². The lowest BCUT2D eigenvalue weighted by Gasteiger charge is -2.08. The molecule has 0 aliphatic carbocycles. The molecule has 0 bridgehead atoms. The highest BCUT2D eigenvalue weighted by molar-refractivity contribution is 5.24. The summed E-state index contributed by atoms with van der Waals surface area (Å²) in [5.41, 5.74) is 1.66. The van der Waals surface area contributed by atoms with Crippen molar-refractivity contribution in [1.82, 2.24) is 5.32 Å². The first-order valence-corrected chi connectivity index (χ1v) is 6.85. The Morgan fingerprint density at radius 2 is 1.95 bits per heavy atom. The predicted octanol–water partition coefficient (Wildman–Crippen LogP) is 2.88. The number of hydrogen-bond acceptors (Lipinski definition) is 3. The van der Waals surface area contributed by atoms with Crippen LogP contribution < -0.4 is 5.32 Å². The van der Waals surface area contributed by atoms with Gasteiger partial charge in [0.05, 0.1) is 19.8 Å². The van der Waals surface area contributed by atoms with Crippen molar-refractivity contribution in [3.05, 3.63) is 35.1 Å². The van der Waals surface area contributed by atoms with Gasteiger partial charge in [-0.3, -0.25) is 0 Å². The molecule has 1 aromatic carbocycles. The van der Waals surface area contributed by atoms with Crippen molar-refractivity contribution >= 4 is 0 Å². The zero-order valence-corrected chi connectivity index (χ0v) is 11.9. The van der Waals surface area contributed by atoms with Crippen LogP contribution in [0.5, 0.6) is 0 Å². The van der Waals surface area contributed by atoms with Crippen LogP contribution in [0.3, 0.4) is 0 Å². The molecule has 0 atom stereocenters. The Kier molecular flexibility index (Phi) is 8.38. The topological polar surface area (TPSA) is 30.5 Å². The first kappa shape index (κ1) is 16.1. The van der Waals surface area contributed by atoms with E-state index in [-0.39, 0.29) is 5.82 Å². The van der Waals surface area contributed by atoms with E-state index in [4.69, 9.17) is 9.47 Å². The van der Waals surface area contributed by atoms with Gasteiger partial charge in [-0.2, -0.15) is 0 Å². The molecule has 19 heavy (non-hydrogen) atoms. The molecule has 0 fully saturated rings. The highest BCUT2D eigenvalue weighted by Crippen LogP contribution is 2.11. The van der Waals surface area contributed by atoms with Crippen LogP contribution >= 0.6 is 0 Å². The fourth-order valence-corrected chi connectivity index (χ4v) is 1.70. The SMILES string of the molecule is CCCCOCCOCc1cc(CNC)ccc1F. The van der Waals surface area contributed by atoms with Crippen molar-refractivity contribution in [1.29, 1.82) is 0 Å². The van der Waals surface area contributed by atoms with Crippen molar-refractivity contribution in [2.24, 2.45) is 0 Å². The molecule has 4 heteroatoms. The first-order valence-electron chi connectivity index (χ1n) is 6.85. The largest absolute Gasteiger partial charge is 0.379 e. The number of halogens is 1. The molecular formula is C15H24FNO2. The molecule has 3 nitrogen and oxygen atoms in total. The minimum atomic E-state index is -0.216. The minimum Gasteiger partial charge on any atom is -0.379 e. The summed E-state index contributed by atoms with van der Waals surface area (Å²) in [5, 5.41) is 3.04. The highest BCUT2D eigenvalue weighted by atomic mass is 19.1. The number of nitrogens with one attached hydrogen (secondary N) is 1. The molecular weight excluding hydrogens is 245 g/mol. The molecule has 1 rings (SSSR count). The molecule has 0 unspecified atom stereocenters. The minimum absolute atomic E-state index is 0.216. The monoisotopic (exact) mass is 269 g/mol. The maximum atomic E-state index is 13.6. The summed E-state index contributed by atoms with van der Waals surface area (Å²) in [6.45, 7) is 4.98. The van der Waals surface area contributed by atoms with Crippen LogP contribution in [0.1, 0.15) is 30.9 Å². The maximum absolute atomic E-state index is 13.6. The van der Waals surface area contributed by atoms with Crippen molar-refractivity contribution in [3.63, 3.8) is 0 Å². The second-order valence-electron chi connectivity index (χ2n) is 4.47. The summed E-state index contributed by atoms with van der Waals surface area (Å²) in [6, 6.07) is 5.11. The van der Waals surface area contributed by atoms with Crippen molar-refractivity contribution in [2.45, 2.75) is 32.9 Å². The molecule has 0 amide bonds. The van der Waals surface area contributed by atoms with Gasteiger partial charge in [-0.1, -0.05) is 19.4 Å². The van der Waals surface area contributed by atoms with E-state index in [2.05, 4.69) is 12.2 Å². The molecule has 0 heterocycles. The van der Waals surface area contributed by atoms with Crippen LogP contribution in [-0.4, -0.2) is 26.9 Å². The lowest BCUT2D eigenvalue weighted by molar-refractivity contribution is 0.0387. The Morgan fingerprint density at radius 3 is 2.68 bits per heavy atom. The third-order valence-corrected chi connectivity index (χ3v) is 2.76. The summed E-state index contributed by atoms with van der Waals surface area (Å²) in [6.07, 6.45) is 2.20. The lowest BCUT2D eigenvalue weighted by atomic mass is 10.1. The summed E-state index contributed by atoms with van der Waals surface area (Å²) >= 11 is 0. The lowest BCUT2D eigenvalue weighted by Crippen LogP contribution is -2.08. The molecule has 0 saturated carbocycles. The second-order valence-corrected chi connectivity index (χ2v) is 4.47. The zero-order valence-electron chi connectivity index (χ0n) is 11.9. The zero-order chi connectivity index (χ0) is 13.9. The molecule has 1 N–H and O–H groups in total. The van der Waals surface area contributed by atoms with E-state index < -0.39 is 0 Å². The third-order valence-electron chi connectivity index (χ3n) is 2.76. The molecule has 0 aliphatic heterocycles. The molecule has 108 valence electrons. The molecule has 0 radical (unpaired) electrons. The highest BCUT2D eigenvalue weighted by Gasteiger charge is 2.03. The van der Waals surface area contributed by atoms with E-state index in [1.54, 1.807) is 6.07 Å². The van der Waals surface area contributed by atoms with Crippen LogP contribution in [0, 0.1) is 5.82 Å². The summed E-state index contributed by atoms with van der Waals surface area (Å²) in [7, 11) is 1.87. The van der Waals surface area contributed by atoms with Gasteiger partial charge in [-0.25, -0.2) is 4.39 Å². The van der Waals surface area contributed by atoms with Gasteiger partial charge in [0, 0.05) is 18.7 Å². The summed E-state index contributed by atoms with van der Waals surface area (Å²) in [5.74, 6) is -0.216. The van der Waals surface area contributed by atoms with Crippen molar-refractivity contribution in [3.8, 4) is 0 Å². The van der Waals surface area contributed by atoms with E-state index in [9.17, 15) is 4.39 Å². The third kappa shape index (κ3) is 6.66. The molecule has 0 aliphatic rings. The van der Waals surface area contributed by atoms with Crippen LogP contribution in [0.25, 0.3) is 0 Å². The van der Waals surface area contributed by atoms with E-state index in [0.29, 0.717) is 25.4 Å². The average molecular weight is 269 g/mol.